The van der Waals surface area contributed by atoms with Crippen molar-refractivity contribution in [3.05, 3.63) is 146 Å². The molecule has 1 N–H and O–H groups in total. The Bertz CT molecular complexity index is 1810. The van der Waals surface area contributed by atoms with Gasteiger partial charge < -0.3 is 14.6 Å². The summed E-state index contributed by atoms with van der Waals surface area (Å²) >= 11 is 0. The lowest BCUT2D eigenvalue weighted by atomic mass is 10.0. The lowest BCUT2D eigenvalue weighted by Gasteiger charge is -2.15. The molecule has 0 radical (unpaired) electrons. The van der Waals surface area contributed by atoms with E-state index in [1.54, 1.807) is 0 Å². The van der Waals surface area contributed by atoms with Crippen LogP contribution in [0.2, 0.25) is 0 Å². The van der Waals surface area contributed by atoms with Crippen molar-refractivity contribution < 1.29 is 24.2 Å². The van der Waals surface area contributed by atoms with Crippen LogP contribution < -0.4 is 0 Å². The number of aliphatic hydroxyl groups excluding tert-OH is 1. The van der Waals surface area contributed by atoms with Gasteiger partial charge in [0.15, 0.2) is 6.10 Å². The van der Waals surface area contributed by atoms with Crippen LogP contribution >= 0.6 is 0 Å². The Morgan fingerprint density at radius 2 is 0.455 bits per heavy atom. The molecule has 0 aliphatic heterocycles. The van der Waals surface area contributed by atoms with E-state index in [-0.39, 0.29) is 25.2 Å². The number of hydrogen-bond acceptors (Lipinski definition) is 5. The smallest absolute Gasteiger partial charge is 0.306 e. The van der Waals surface area contributed by atoms with Crippen molar-refractivity contribution in [2.24, 2.45) is 0 Å². The predicted molar refractivity (Wildman–Crippen MR) is 389 cm³/mol. The lowest BCUT2D eigenvalue weighted by Crippen LogP contribution is -2.28. The van der Waals surface area contributed by atoms with Gasteiger partial charge in [-0.1, -0.05) is 365 Å². The number of rotatable bonds is 68. The quantitative estimate of drug-likeness (QED) is 0.0373. The normalized spacial score (nSPS) is 13.1. The number of ether oxygens (including phenoxy) is 2. The van der Waals surface area contributed by atoms with Gasteiger partial charge in [-0.15, -0.1) is 0 Å². The highest BCUT2D eigenvalue weighted by molar-refractivity contribution is 5.70. The van der Waals surface area contributed by atoms with Crippen LogP contribution in [0.5, 0.6) is 0 Å². The van der Waals surface area contributed by atoms with Gasteiger partial charge in [-0.2, -0.15) is 0 Å². The summed E-state index contributed by atoms with van der Waals surface area (Å²) < 4.78 is 10.8. The fourth-order valence-electron chi connectivity index (χ4n) is 10.6. The molecule has 0 aromatic rings. The first kappa shape index (κ1) is 83.8. The summed E-state index contributed by atoms with van der Waals surface area (Å²) in [6.45, 7) is 3.94. The molecule has 88 heavy (non-hydrogen) atoms. The summed E-state index contributed by atoms with van der Waals surface area (Å²) in [6, 6.07) is 0. The van der Waals surface area contributed by atoms with E-state index in [4.69, 9.17) is 9.47 Å². The molecule has 0 saturated carbocycles. The Labute approximate surface area is 546 Å². The van der Waals surface area contributed by atoms with Crippen LogP contribution in [-0.4, -0.2) is 36.4 Å². The van der Waals surface area contributed by atoms with Gasteiger partial charge in [-0.3, -0.25) is 9.59 Å². The van der Waals surface area contributed by atoms with E-state index in [1.165, 1.54) is 205 Å². The van der Waals surface area contributed by atoms with E-state index in [1.807, 2.05) is 0 Å². The third-order valence-corrected chi connectivity index (χ3v) is 16.1. The van der Waals surface area contributed by atoms with Gasteiger partial charge >= 0.3 is 11.9 Å². The van der Waals surface area contributed by atoms with E-state index in [0.717, 1.165) is 116 Å². The fourth-order valence-corrected chi connectivity index (χ4v) is 10.6. The molecule has 0 saturated heterocycles. The molecule has 0 rings (SSSR count). The minimum absolute atomic E-state index is 0.0673. The Kier molecular flexibility index (Phi) is 73.3. The number of carbonyl (C=O) groups excluding carboxylic acids is 2. The minimum atomic E-state index is -0.779. The van der Waals surface area contributed by atoms with Crippen LogP contribution in [0, 0.1) is 0 Å². The molecule has 1 atom stereocenters. The molecule has 0 amide bonds. The van der Waals surface area contributed by atoms with Crippen molar-refractivity contribution in [2.45, 2.75) is 354 Å². The SMILES string of the molecule is CC/C=C\C/C=C\C/C=C\C/C=C\C/C=C\C/C=C\C/C=C\CCCCCCCCCCCCCCCCCCCCCC(=O)OC(CO)COC(=O)CCCCCCCCCCCCCCCCCCC/C=C\C/C=C\C/C=C\C/C=C\C/C=C\CC. The highest BCUT2D eigenvalue weighted by atomic mass is 16.6. The van der Waals surface area contributed by atoms with Gasteiger partial charge in [0.25, 0.3) is 0 Å². The summed E-state index contributed by atoms with van der Waals surface area (Å²) in [7, 11) is 0. The van der Waals surface area contributed by atoms with Gasteiger partial charge in [0, 0.05) is 12.8 Å². The number of aliphatic hydroxyl groups is 1. The van der Waals surface area contributed by atoms with Gasteiger partial charge in [-0.05, 0) is 116 Å². The van der Waals surface area contributed by atoms with Crippen molar-refractivity contribution in [2.75, 3.05) is 13.2 Å². The first-order valence-corrected chi connectivity index (χ1v) is 37.4. The van der Waals surface area contributed by atoms with Crippen LogP contribution in [-0.2, 0) is 19.1 Å². The van der Waals surface area contributed by atoms with Crippen molar-refractivity contribution >= 4 is 11.9 Å². The molecule has 0 aliphatic rings. The molecule has 0 aromatic carbocycles. The van der Waals surface area contributed by atoms with E-state index in [2.05, 4.69) is 160 Å². The zero-order chi connectivity index (χ0) is 63.3. The molecular weight excluding hydrogens is 1080 g/mol. The van der Waals surface area contributed by atoms with E-state index < -0.39 is 6.10 Å². The number of esters is 2. The zero-order valence-corrected chi connectivity index (χ0v) is 57.7. The highest BCUT2D eigenvalue weighted by Gasteiger charge is 2.16. The number of carbonyl (C=O) groups is 2. The van der Waals surface area contributed by atoms with Crippen LogP contribution in [0.4, 0.5) is 0 Å². The highest BCUT2D eigenvalue weighted by Crippen LogP contribution is 2.18. The average molecular weight is 1220 g/mol. The second-order valence-corrected chi connectivity index (χ2v) is 24.6. The Hall–Kier alpha value is -4.22. The summed E-state index contributed by atoms with van der Waals surface area (Å²) in [6.07, 6.45) is 116. The van der Waals surface area contributed by atoms with Crippen LogP contribution in [0.1, 0.15) is 348 Å². The number of allylic oxidation sites excluding steroid dienone is 24. The van der Waals surface area contributed by atoms with E-state index in [0.29, 0.717) is 12.8 Å². The molecule has 0 aromatic heterocycles. The maximum atomic E-state index is 12.4. The number of unbranched alkanes of at least 4 members (excludes halogenated alkanes) is 36. The first-order valence-electron chi connectivity index (χ1n) is 37.4. The predicted octanol–water partition coefficient (Wildman–Crippen LogP) is 26.4. The fraction of sp³-hybridized carbons (Fsp3) is 0.687. The third-order valence-electron chi connectivity index (χ3n) is 16.1. The molecule has 1 unspecified atom stereocenters. The van der Waals surface area contributed by atoms with Crippen LogP contribution in [0.3, 0.4) is 0 Å². The largest absolute Gasteiger partial charge is 0.462 e. The van der Waals surface area contributed by atoms with E-state index >= 15 is 0 Å². The van der Waals surface area contributed by atoms with Crippen molar-refractivity contribution in [3.8, 4) is 0 Å². The second kappa shape index (κ2) is 77.0. The standard InChI is InChI=1S/C83H140O5/c1-3-5-7-9-11-13-15-17-19-21-23-25-27-29-31-33-35-37-38-39-40-41-42-43-44-46-48-50-52-54-56-58-60-62-64-66-68-70-72-74-76-78-83(86)88-81(79-84)80-87-82(85)77-75-73-71-69-67-65-63-61-59-57-55-53-51-49-47-45-36-34-32-30-28-26-24-22-20-18-16-14-12-10-8-6-4-2/h5-8,11-14,17-20,23-26,29-32,35,37,39-40,81,84H,3-4,9-10,15-16,21-22,27-28,33-34,36,38,41-80H2,1-2H3/b7-5-,8-6-,13-11-,14-12-,19-17-,20-18-,25-23-,26-24-,31-29-,32-30-,37-35-,40-39-. The number of hydrogen-bond donors (Lipinski definition) is 1. The maximum Gasteiger partial charge on any atom is 0.306 e. The Morgan fingerprint density at radius 3 is 0.682 bits per heavy atom. The summed E-state index contributed by atoms with van der Waals surface area (Å²) in [4.78, 5) is 24.7. The van der Waals surface area contributed by atoms with Crippen LogP contribution in [0.15, 0.2) is 146 Å². The molecule has 5 heteroatoms. The second-order valence-electron chi connectivity index (χ2n) is 24.6. The summed E-state index contributed by atoms with van der Waals surface area (Å²) in [5.74, 6) is -0.580. The van der Waals surface area contributed by atoms with E-state index in [9.17, 15) is 14.7 Å². The molecule has 0 fully saturated rings. The van der Waals surface area contributed by atoms with Gasteiger partial charge in [0.2, 0.25) is 0 Å². The van der Waals surface area contributed by atoms with Crippen molar-refractivity contribution in [3.63, 3.8) is 0 Å². The molecule has 0 bridgehead atoms. The molecule has 0 heterocycles. The molecule has 0 spiro atoms. The monoisotopic (exact) mass is 1220 g/mol. The average Bonchev–Trinajstić information content (AvgIpc) is 3.56. The Balaban J connectivity index is 3.45. The summed E-state index contributed by atoms with van der Waals surface area (Å²) in [5, 5.41) is 9.72. The molecule has 502 valence electrons. The first-order chi connectivity index (χ1) is 43.6. The molecule has 5 nitrogen and oxygen atoms in total. The van der Waals surface area contributed by atoms with Crippen molar-refractivity contribution in [1.29, 1.82) is 0 Å². The van der Waals surface area contributed by atoms with Gasteiger partial charge in [-0.25, -0.2) is 0 Å². The zero-order valence-electron chi connectivity index (χ0n) is 57.7. The topological polar surface area (TPSA) is 72.8 Å². The van der Waals surface area contributed by atoms with Gasteiger partial charge in [0.1, 0.15) is 6.61 Å². The molecular formula is C83H140O5. The van der Waals surface area contributed by atoms with Gasteiger partial charge in [0.05, 0.1) is 6.61 Å². The summed E-state index contributed by atoms with van der Waals surface area (Å²) in [5.41, 5.74) is 0. The third kappa shape index (κ3) is 74.2. The minimum Gasteiger partial charge on any atom is -0.462 e. The lowest BCUT2D eigenvalue weighted by molar-refractivity contribution is -0.161. The molecule has 0 aliphatic carbocycles. The Morgan fingerprint density at radius 1 is 0.261 bits per heavy atom. The van der Waals surface area contributed by atoms with Crippen LogP contribution in [0.25, 0.3) is 0 Å². The van der Waals surface area contributed by atoms with Crippen molar-refractivity contribution in [1.82, 2.24) is 0 Å². The maximum absolute atomic E-state index is 12.4.